The number of thiophene rings is 1. The monoisotopic (exact) mass is 296 g/mol. The largest absolute Gasteiger partial charge is 0.365 e. The van der Waals surface area contributed by atoms with Gasteiger partial charge in [0.25, 0.3) is 5.91 Å². The van der Waals surface area contributed by atoms with E-state index in [-0.39, 0.29) is 0 Å². The summed E-state index contributed by atoms with van der Waals surface area (Å²) in [5.74, 6) is -0.481. The van der Waals surface area contributed by atoms with Gasteiger partial charge in [0.2, 0.25) is 0 Å². The Hall–Kier alpha value is -1.31. The number of primary amides is 1. The molecule has 1 amide bonds. The first-order valence-electron chi connectivity index (χ1n) is 5.02. The van der Waals surface area contributed by atoms with Gasteiger partial charge in [0.05, 0.1) is 15.5 Å². The zero-order valence-corrected chi connectivity index (χ0v) is 11.7. The summed E-state index contributed by atoms with van der Waals surface area (Å²) in [7, 11) is -1.15. The van der Waals surface area contributed by atoms with Crippen molar-refractivity contribution in [1.82, 2.24) is 4.37 Å². The molecule has 0 saturated heterocycles. The highest BCUT2D eigenvalue weighted by molar-refractivity contribution is 7.87. The molecule has 3 aromatic rings. The Kier molecular flexibility index (Phi) is 2.69. The van der Waals surface area contributed by atoms with Crippen LogP contribution in [0, 0.1) is 0 Å². The average molecular weight is 296 g/mol. The Morgan fingerprint density at radius 2 is 2.22 bits per heavy atom. The topological polar surface area (TPSA) is 73.1 Å². The van der Waals surface area contributed by atoms with E-state index in [9.17, 15) is 9.00 Å². The second-order valence-corrected chi connectivity index (χ2v) is 7.17. The summed E-state index contributed by atoms with van der Waals surface area (Å²) in [5, 5.41) is 2.62. The molecule has 0 aliphatic rings. The summed E-state index contributed by atoms with van der Waals surface area (Å²) in [6.07, 6.45) is 3.37. The molecule has 0 fully saturated rings. The second-order valence-electron chi connectivity index (χ2n) is 3.77. The molecule has 2 aromatic heterocycles. The summed E-state index contributed by atoms with van der Waals surface area (Å²) in [5.41, 5.74) is 5.37. The van der Waals surface area contributed by atoms with Gasteiger partial charge in [-0.1, -0.05) is 12.1 Å². The minimum atomic E-state index is -1.15. The van der Waals surface area contributed by atoms with E-state index in [4.69, 9.17) is 5.73 Å². The Morgan fingerprint density at radius 1 is 1.44 bits per heavy atom. The molecule has 0 saturated carbocycles. The quantitative estimate of drug-likeness (QED) is 0.789. The van der Waals surface area contributed by atoms with E-state index in [0.717, 1.165) is 20.9 Å². The number of amides is 1. The van der Waals surface area contributed by atoms with Gasteiger partial charge in [-0.05, 0) is 11.5 Å². The summed E-state index contributed by atoms with van der Waals surface area (Å²) in [6.45, 7) is 0. The molecule has 92 valence electrons. The predicted molar refractivity (Wildman–Crippen MR) is 75.9 cm³/mol. The van der Waals surface area contributed by atoms with Crippen LogP contribution in [-0.2, 0) is 10.8 Å². The Balaban J connectivity index is 2.56. The SMILES string of the molecule is C[S@@](=O)c1sc(C(N)=O)c2ccc3cnsc3c12. The molecule has 4 nitrogen and oxygen atoms in total. The maximum atomic E-state index is 11.8. The van der Waals surface area contributed by atoms with Crippen LogP contribution in [0.1, 0.15) is 9.67 Å². The maximum Gasteiger partial charge on any atom is 0.259 e. The smallest absolute Gasteiger partial charge is 0.259 e. The van der Waals surface area contributed by atoms with Crippen LogP contribution in [0.4, 0.5) is 0 Å². The Morgan fingerprint density at radius 3 is 2.89 bits per heavy atom. The lowest BCUT2D eigenvalue weighted by molar-refractivity contribution is 0.101. The molecule has 0 unspecified atom stereocenters. The molecule has 0 aliphatic heterocycles. The zero-order chi connectivity index (χ0) is 12.9. The van der Waals surface area contributed by atoms with Crippen molar-refractivity contribution in [3.05, 3.63) is 23.2 Å². The molecule has 3 rings (SSSR count). The highest BCUT2D eigenvalue weighted by atomic mass is 32.2. The summed E-state index contributed by atoms with van der Waals surface area (Å²) < 4.78 is 17.6. The van der Waals surface area contributed by atoms with Crippen LogP contribution in [0.15, 0.2) is 22.5 Å². The number of hydrogen-bond acceptors (Lipinski definition) is 5. The number of benzene rings is 1. The van der Waals surface area contributed by atoms with Crippen LogP contribution in [0.5, 0.6) is 0 Å². The Bertz CT molecular complexity index is 803. The van der Waals surface area contributed by atoms with Crippen LogP contribution in [-0.4, -0.2) is 20.7 Å². The normalized spacial score (nSPS) is 13.2. The van der Waals surface area contributed by atoms with Crippen LogP contribution in [0.25, 0.3) is 20.9 Å². The highest BCUT2D eigenvalue weighted by Gasteiger charge is 2.19. The lowest BCUT2D eigenvalue weighted by Gasteiger charge is -1.96. The van der Waals surface area contributed by atoms with Gasteiger partial charge in [-0.2, -0.15) is 4.37 Å². The third-order valence-electron chi connectivity index (χ3n) is 2.65. The Labute approximate surface area is 113 Å². The van der Waals surface area contributed by atoms with Crippen molar-refractivity contribution in [3.8, 4) is 0 Å². The highest BCUT2D eigenvalue weighted by Crippen LogP contribution is 2.39. The second kappa shape index (κ2) is 4.11. The molecular weight excluding hydrogens is 288 g/mol. The van der Waals surface area contributed by atoms with Crippen LogP contribution in [0.3, 0.4) is 0 Å². The van der Waals surface area contributed by atoms with E-state index < -0.39 is 16.7 Å². The average Bonchev–Trinajstić information content (AvgIpc) is 2.91. The molecule has 1 atom stereocenters. The van der Waals surface area contributed by atoms with Gasteiger partial charge in [-0.15, -0.1) is 11.3 Å². The van der Waals surface area contributed by atoms with Crippen molar-refractivity contribution in [2.24, 2.45) is 5.73 Å². The van der Waals surface area contributed by atoms with Crippen molar-refractivity contribution in [2.45, 2.75) is 4.21 Å². The number of hydrogen-bond donors (Lipinski definition) is 1. The van der Waals surface area contributed by atoms with E-state index in [2.05, 4.69) is 4.37 Å². The maximum absolute atomic E-state index is 11.8. The van der Waals surface area contributed by atoms with Crippen LogP contribution < -0.4 is 5.73 Å². The number of carbonyl (C=O) groups is 1. The van der Waals surface area contributed by atoms with Crippen molar-refractivity contribution >= 4 is 60.4 Å². The minimum absolute atomic E-state index is 0.463. The fourth-order valence-electron chi connectivity index (χ4n) is 1.91. The molecule has 0 bridgehead atoms. The third kappa shape index (κ3) is 1.58. The molecule has 0 spiro atoms. The van der Waals surface area contributed by atoms with E-state index in [1.165, 1.54) is 22.9 Å². The molecule has 18 heavy (non-hydrogen) atoms. The van der Waals surface area contributed by atoms with Gasteiger partial charge >= 0.3 is 0 Å². The van der Waals surface area contributed by atoms with Crippen LogP contribution >= 0.6 is 22.9 Å². The summed E-state index contributed by atoms with van der Waals surface area (Å²) in [4.78, 5) is 11.9. The van der Waals surface area contributed by atoms with Crippen LogP contribution in [0.2, 0.25) is 0 Å². The molecule has 7 heteroatoms. The number of aromatic nitrogens is 1. The molecular formula is C11H8N2O2S3. The van der Waals surface area contributed by atoms with E-state index >= 15 is 0 Å². The fourth-order valence-corrected chi connectivity index (χ4v) is 4.94. The fraction of sp³-hybridized carbons (Fsp3) is 0.0909. The van der Waals surface area contributed by atoms with Crippen molar-refractivity contribution in [3.63, 3.8) is 0 Å². The molecule has 2 N–H and O–H groups in total. The molecule has 1 aromatic carbocycles. The van der Waals surface area contributed by atoms with Gasteiger partial charge in [-0.3, -0.25) is 9.00 Å². The van der Waals surface area contributed by atoms with Crippen molar-refractivity contribution in [1.29, 1.82) is 0 Å². The van der Waals surface area contributed by atoms with E-state index in [0.29, 0.717) is 9.09 Å². The lowest BCUT2D eigenvalue weighted by atomic mass is 10.1. The molecule has 2 heterocycles. The number of fused-ring (bicyclic) bond motifs is 3. The summed E-state index contributed by atoms with van der Waals surface area (Å²) >= 11 is 2.55. The number of rotatable bonds is 2. The van der Waals surface area contributed by atoms with Gasteiger partial charge in [0.1, 0.15) is 9.09 Å². The summed E-state index contributed by atoms with van der Waals surface area (Å²) in [6, 6.07) is 3.75. The minimum Gasteiger partial charge on any atom is -0.365 e. The van der Waals surface area contributed by atoms with Gasteiger partial charge in [0.15, 0.2) is 0 Å². The lowest BCUT2D eigenvalue weighted by Crippen LogP contribution is -2.08. The standard InChI is InChI=1S/C11H8N2O2S3/c1-18(15)11-7-6(9(16-11)10(12)14)3-2-5-4-13-17-8(5)7/h2-4H,1H3,(H2,12,14)/t18-/m1/s1. The third-order valence-corrected chi connectivity index (χ3v) is 6.18. The first-order chi connectivity index (χ1) is 8.59. The number of nitrogens with zero attached hydrogens (tertiary/aromatic N) is 1. The van der Waals surface area contributed by atoms with Gasteiger partial charge in [-0.25, -0.2) is 0 Å². The first kappa shape index (κ1) is 11.8. The molecule has 0 radical (unpaired) electrons. The molecule has 0 aliphatic carbocycles. The first-order valence-corrected chi connectivity index (χ1v) is 8.17. The number of nitrogens with two attached hydrogens (primary N) is 1. The van der Waals surface area contributed by atoms with Gasteiger partial charge in [0, 0.05) is 28.6 Å². The van der Waals surface area contributed by atoms with Crippen molar-refractivity contribution in [2.75, 3.05) is 6.26 Å². The van der Waals surface area contributed by atoms with Gasteiger partial charge < -0.3 is 5.73 Å². The van der Waals surface area contributed by atoms with E-state index in [1.54, 1.807) is 12.5 Å². The predicted octanol–water partition coefficient (Wildman–Crippen LogP) is 2.35. The number of carbonyl (C=O) groups excluding carboxylic acids is 1. The van der Waals surface area contributed by atoms with E-state index in [1.807, 2.05) is 12.1 Å². The van der Waals surface area contributed by atoms with Crippen molar-refractivity contribution < 1.29 is 9.00 Å². The zero-order valence-electron chi connectivity index (χ0n) is 9.30.